The maximum absolute atomic E-state index is 14.7. The van der Waals surface area contributed by atoms with E-state index in [2.05, 4.69) is 4.98 Å². The number of benzene rings is 2. The second-order valence-electron chi connectivity index (χ2n) is 8.78. The predicted molar refractivity (Wildman–Crippen MR) is 138 cm³/mol. The topological polar surface area (TPSA) is 110 Å². The molecule has 0 radical (unpaired) electrons. The summed E-state index contributed by atoms with van der Waals surface area (Å²) in [6.07, 6.45) is -1.12. The summed E-state index contributed by atoms with van der Waals surface area (Å²) in [7, 11) is 1.36. The largest absolute Gasteiger partial charge is 0.493 e. The van der Waals surface area contributed by atoms with Crippen molar-refractivity contribution in [2.24, 2.45) is 5.92 Å². The molecule has 3 aromatic rings. The number of carbonyl (C=O) groups excluding carboxylic acids is 3. The summed E-state index contributed by atoms with van der Waals surface area (Å²) in [5.74, 6) is -3.96. The first kappa shape index (κ1) is 30.0. The van der Waals surface area contributed by atoms with Crippen LogP contribution in [0, 0.1) is 17.6 Å². The summed E-state index contributed by atoms with van der Waals surface area (Å²) < 4.78 is 55.1. The Kier molecular flexibility index (Phi) is 10.5. The van der Waals surface area contributed by atoms with Gasteiger partial charge in [0.2, 0.25) is 6.79 Å². The van der Waals surface area contributed by atoms with Crippen molar-refractivity contribution in [3.63, 3.8) is 0 Å². The molecule has 0 fully saturated rings. The van der Waals surface area contributed by atoms with Gasteiger partial charge < -0.3 is 23.7 Å². The van der Waals surface area contributed by atoms with Gasteiger partial charge in [-0.15, -0.1) is 0 Å². The van der Waals surface area contributed by atoms with Crippen LogP contribution in [0.25, 0.3) is 0 Å². The summed E-state index contributed by atoms with van der Waals surface area (Å²) in [4.78, 5) is 41.2. The van der Waals surface area contributed by atoms with Gasteiger partial charge in [0, 0.05) is 37.2 Å². The number of hydrogen-bond acceptors (Lipinski definition) is 9. The van der Waals surface area contributed by atoms with Crippen molar-refractivity contribution in [3.05, 3.63) is 83.7 Å². The Labute approximate surface area is 230 Å². The highest BCUT2D eigenvalue weighted by molar-refractivity contribution is 5.99. The van der Waals surface area contributed by atoms with Crippen LogP contribution in [0.15, 0.2) is 60.8 Å². The first-order valence-electron chi connectivity index (χ1n) is 12.3. The standard InChI is InChI=1S/C29H29F2NO8/c1-17(14-24(34)26-28(38-16-37-19(3)33)25(36-4)12-13-32-26)29(35)39-18(2)27(40-21-8-6-5-7-9-21)22-11-10-20(30)15-23(22)31/h5-13,15,17-18,27H,14,16H2,1-4H3/t17-,18+,27+/m1/s1. The van der Waals surface area contributed by atoms with Gasteiger partial charge in [0.05, 0.1) is 13.0 Å². The van der Waals surface area contributed by atoms with E-state index < -0.39 is 54.3 Å². The Hall–Kier alpha value is -4.54. The number of carbonyl (C=O) groups is 3. The third-order valence-electron chi connectivity index (χ3n) is 5.72. The second kappa shape index (κ2) is 14.0. The lowest BCUT2D eigenvalue weighted by Crippen LogP contribution is -2.30. The van der Waals surface area contributed by atoms with Crippen LogP contribution in [0.2, 0.25) is 0 Å². The molecule has 0 unspecified atom stereocenters. The van der Waals surface area contributed by atoms with Gasteiger partial charge in [-0.1, -0.05) is 25.1 Å². The number of rotatable bonds is 13. The number of methoxy groups -OCH3 is 1. The van der Waals surface area contributed by atoms with Crippen LogP contribution < -0.4 is 14.2 Å². The summed E-state index contributed by atoms with van der Waals surface area (Å²) in [5, 5.41) is 0. The molecule has 1 aromatic heterocycles. The number of esters is 2. The van der Waals surface area contributed by atoms with Crippen molar-refractivity contribution in [1.82, 2.24) is 4.98 Å². The molecular formula is C29H29F2NO8. The van der Waals surface area contributed by atoms with Gasteiger partial charge in [-0.2, -0.15) is 0 Å². The number of para-hydroxylation sites is 1. The van der Waals surface area contributed by atoms with Crippen molar-refractivity contribution in [2.75, 3.05) is 13.9 Å². The minimum atomic E-state index is -1.11. The average Bonchev–Trinajstić information content (AvgIpc) is 2.92. The van der Waals surface area contributed by atoms with Gasteiger partial charge in [-0.05, 0) is 31.2 Å². The molecule has 0 aliphatic carbocycles. The molecule has 0 bridgehead atoms. The normalized spacial score (nSPS) is 12.9. The van der Waals surface area contributed by atoms with Gasteiger partial charge >= 0.3 is 11.9 Å². The van der Waals surface area contributed by atoms with E-state index in [-0.39, 0.29) is 29.2 Å². The lowest BCUT2D eigenvalue weighted by Gasteiger charge is -2.27. The van der Waals surface area contributed by atoms with E-state index >= 15 is 0 Å². The van der Waals surface area contributed by atoms with E-state index in [0.29, 0.717) is 5.75 Å². The summed E-state index contributed by atoms with van der Waals surface area (Å²) in [6, 6.07) is 13.0. The van der Waals surface area contributed by atoms with Crippen LogP contribution >= 0.6 is 0 Å². The van der Waals surface area contributed by atoms with E-state index in [1.54, 1.807) is 30.3 Å². The number of aromatic nitrogens is 1. The zero-order valence-corrected chi connectivity index (χ0v) is 22.4. The van der Waals surface area contributed by atoms with Gasteiger partial charge in [0.25, 0.3) is 0 Å². The zero-order valence-electron chi connectivity index (χ0n) is 22.4. The van der Waals surface area contributed by atoms with Crippen molar-refractivity contribution in [3.8, 4) is 17.2 Å². The van der Waals surface area contributed by atoms with Crippen molar-refractivity contribution >= 4 is 17.7 Å². The summed E-state index contributed by atoms with van der Waals surface area (Å²) in [6.45, 7) is 3.71. The van der Waals surface area contributed by atoms with Crippen molar-refractivity contribution < 1.29 is 46.8 Å². The molecule has 3 rings (SSSR count). The SMILES string of the molecule is COc1ccnc(C(=O)C[C@@H](C)C(=O)O[C@@H](C)[C@H](Oc2ccccc2)c2ccc(F)cc2F)c1OCOC(C)=O. The Balaban J connectivity index is 1.75. The van der Waals surface area contributed by atoms with E-state index in [1.165, 1.54) is 46.2 Å². The smallest absolute Gasteiger partial charge is 0.309 e. The minimum Gasteiger partial charge on any atom is -0.493 e. The minimum absolute atomic E-state index is 0.00978. The fourth-order valence-corrected chi connectivity index (χ4v) is 3.71. The molecule has 9 nitrogen and oxygen atoms in total. The molecule has 1 heterocycles. The van der Waals surface area contributed by atoms with Crippen LogP contribution in [0.3, 0.4) is 0 Å². The highest BCUT2D eigenvalue weighted by Crippen LogP contribution is 2.32. The molecule has 0 saturated heterocycles. The molecule has 0 spiro atoms. The molecule has 3 atom stereocenters. The predicted octanol–water partition coefficient (Wildman–Crippen LogP) is 5.23. The highest BCUT2D eigenvalue weighted by Gasteiger charge is 2.31. The molecule has 40 heavy (non-hydrogen) atoms. The van der Waals surface area contributed by atoms with Crippen LogP contribution in [-0.4, -0.2) is 42.7 Å². The van der Waals surface area contributed by atoms with Gasteiger partial charge in [0.15, 0.2) is 29.1 Å². The third kappa shape index (κ3) is 7.98. The average molecular weight is 558 g/mol. The Morgan fingerprint density at radius 2 is 1.73 bits per heavy atom. The van der Waals surface area contributed by atoms with E-state index in [1.807, 2.05) is 0 Å². The van der Waals surface area contributed by atoms with Gasteiger partial charge in [0.1, 0.15) is 23.5 Å². The number of ether oxygens (including phenoxy) is 5. The van der Waals surface area contributed by atoms with Crippen molar-refractivity contribution in [2.45, 2.75) is 39.4 Å². The molecule has 0 aliphatic rings. The number of pyridine rings is 1. The number of ketones is 1. The van der Waals surface area contributed by atoms with Crippen molar-refractivity contribution in [1.29, 1.82) is 0 Å². The zero-order chi connectivity index (χ0) is 29.2. The lowest BCUT2D eigenvalue weighted by molar-refractivity contribution is -0.157. The monoisotopic (exact) mass is 557 g/mol. The summed E-state index contributed by atoms with van der Waals surface area (Å²) in [5.41, 5.74) is -0.137. The van der Waals surface area contributed by atoms with E-state index in [4.69, 9.17) is 23.7 Å². The van der Waals surface area contributed by atoms with E-state index in [9.17, 15) is 23.2 Å². The first-order valence-corrected chi connectivity index (χ1v) is 12.3. The summed E-state index contributed by atoms with van der Waals surface area (Å²) >= 11 is 0. The molecule has 0 N–H and O–H groups in total. The van der Waals surface area contributed by atoms with Crippen LogP contribution in [-0.2, 0) is 19.1 Å². The lowest BCUT2D eigenvalue weighted by atomic mass is 10.0. The number of hydrogen-bond donors (Lipinski definition) is 0. The van der Waals surface area contributed by atoms with Crippen LogP contribution in [0.4, 0.5) is 8.78 Å². The third-order valence-corrected chi connectivity index (χ3v) is 5.72. The highest BCUT2D eigenvalue weighted by atomic mass is 19.1. The van der Waals surface area contributed by atoms with E-state index in [0.717, 1.165) is 12.1 Å². The molecule has 11 heteroatoms. The van der Waals surface area contributed by atoms with Crippen LogP contribution in [0.5, 0.6) is 17.2 Å². The fourth-order valence-electron chi connectivity index (χ4n) is 3.71. The molecule has 212 valence electrons. The van der Waals surface area contributed by atoms with Gasteiger partial charge in [-0.3, -0.25) is 14.4 Å². The molecule has 0 aliphatic heterocycles. The van der Waals surface area contributed by atoms with Gasteiger partial charge in [-0.25, -0.2) is 13.8 Å². The Bertz CT molecular complexity index is 1330. The number of Topliss-reactive ketones (excluding diaryl/α,β-unsaturated/α-hetero) is 1. The molecule has 0 saturated carbocycles. The maximum Gasteiger partial charge on any atom is 0.309 e. The maximum atomic E-state index is 14.7. The number of nitrogens with zero attached hydrogens (tertiary/aromatic N) is 1. The molecule has 2 aromatic carbocycles. The Morgan fingerprint density at radius 3 is 2.38 bits per heavy atom. The molecule has 0 amide bonds. The Morgan fingerprint density at radius 1 is 1.00 bits per heavy atom. The number of halogens is 2. The van der Waals surface area contributed by atoms with Crippen LogP contribution in [0.1, 0.15) is 49.3 Å². The second-order valence-corrected chi connectivity index (χ2v) is 8.78. The quantitative estimate of drug-likeness (QED) is 0.159. The first-order chi connectivity index (χ1) is 19.1. The fraction of sp³-hybridized carbons (Fsp3) is 0.310. The molecular weight excluding hydrogens is 528 g/mol.